The van der Waals surface area contributed by atoms with E-state index in [4.69, 9.17) is 0 Å². The van der Waals surface area contributed by atoms with Gasteiger partial charge in [-0.05, 0) is 68.8 Å². The van der Waals surface area contributed by atoms with Gasteiger partial charge in [-0.1, -0.05) is 45.0 Å². The Hall–Kier alpha value is -2.86. The smallest absolute Gasteiger partial charge is 0.295 e. The first kappa shape index (κ1) is 24.3. The molecule has 6 nitrogen and oxygen atoms in total. The number of Topliss-reactive ketones (excluding diaryl/α,β-unsaturated/α-hetero) is 1. The monoisotopic (exact) mass is 463 g/mol. The van der Waals surface area contributed by atoms with Crippen molar-refractivity contribution in [2.75, 3.05) is 26.2 Å². The Kier molecular flexibility index (Phi) is 6.47. The average molecular weight is 464 g/mol. The quantitative estimate of drug-likeness (QED) is 0.381. The summed E-state index contributed by atoms with van der Waals surface area (Å²) in [5.41, 5.74) is 5.43. The van der Waals surface area contributed by atoms with Crippen molar-refractivity contribution in [2.24, 2.45) is 0 Å². The van der Waals surface area contributed by atoms with Crippen molar-refractivity contribution in [2.45, 2.75) is 65.8 Å². The Balaban J connectivity index is 1.81. The van der Waals surface area contributed by atoms with Crippen LogP contribution in [0.2, 0.25) is 0 Å². The zero-order valence-corrected chi connectivity index (χ0v) is 21.3. The first-order chi connectivity index (χ1) is 16.0. The third-order valence-corrected chi connectivity index (χ3v) is 7.41. The molecule has 1 aromatic carbocycles. The molecule has 1 amide bonds. The Morgan fingerprint density at radius 3 is 2.15 bits per heavy atom. The van der Waals surface area contributed by atoms with Gasteiger partial charge in [0.1, 0.15) is 5.76 Å². The van der Waals surface area contributed by atoms with Crippen LogP contribution in [0.25, 0.3) is 5.76 Å². The molecule has 0 radical (unpaired) electrons. The molecule has 2 aliphatic heterocycles. The van der Waals surface area contributed by atoms with Crippen LogP contribution in [0.1, 0.15) is 73.3 Å². The Morgan fingerprint density at radius 2 is 1.62 bits per heavy atom. The molecule has 182 valence electrons. The van der Waals surface area contributed by atoms with Gasteiger partial charge >= 0.3 is 0 Å². The topological polar surface area (TPSA) is 76.6 Å². The van der Waals surface area contributed by atoms with Crippen LogP contribution in [-0.4, -0.2) is 57.8 Å². The highest BCUT2D eigenvalue weighted by atomic mass is 16.3. The maximum absolute atomic E-state index is 13.3. The molecule has 2 saturated heterocycles. The molecule has 0 saturated carbocycles. The highest BCUT2D eigenvalue weighted by Crippen LogP contribution is 2.41. The summed E-state index contributed by atoms with van der Waals surface area (Å²) in [6, 6.07) is 7.51. The number of aromatic nitrogens is 1. The highest BCUT2D eigenvalue weighted by molar-refractivity contribution is 6.46. The number of rotatable bonds is 5. The summed E-state index contributed by atoms with van der Waals surface area (Å²) in [5, 5.41) is 11.4. The van der Waals surface area contributed by atoms with Gasteiger partial charge in [-0.3, -0.25) is 9.59 Å². The van der Waals surface area contributed by atoms with E-state index in [1.165, 1.54) is 18.4 Å². The first-order valence-corrected chi connectivity index (χ1v) is 12.3. The number of aromatic amines is 1. The minimum Gasteiger partial charge on any atom is -0.507 e. The van der Waals surface area contributed by atoms with Crippen molar-refractivity contribution in [1.82, 2.24) is 14.8 Å². The van der Waals surface area contributed by atoms with Crippen LogP contribution < -0.4 is 0 Å². The van der Waals surface area contributed by atoms with Gasteiger partial charge in [0, 0.05) is 30.0 Å². The van der Waals surface area contributed by atoms with Crippen LogP contribution >= 0.6 is 0 Å². The van der Waals surface area contributed by atoms with Crippen molar-refractivity contribution in [3.05, 3.63) is 63.5 Å². The molecule has 2 fully saturated rings. The molecule has 6 heteroatoms. The zero-order chi connectivity index (χ0) is 24.8. The predicted octanol–water partition coefficient (Wildman–Crippen LogP) is 4.75. The third-order valence-electron chi connectivity index (χ3n) is 7.41. The van der Waals surface area contributed by atoms with Gasteiger partial charge in [0.25, 0.3) is 11.7 Å². The minimum absolute atomic E-state index is 0.00698. The number of aryl methyl sites for hydroxylation is 2. The Bertz CT molecular complexity index is 1130. The summed E-state index contributed by atoms with van der Waals surface area (Å²) in [6.45, 7) is 15.4. The van der Waals surface area contributed by atoms with Crippen LogP contribution in [0.4, 0.5) is 0 Å². The SMILES string of the molecule is Cc1[nH]c(C)c(/C(O)=C2\C(=O)C(=O)N(CCN3CCCC3)C2c2ccc(C(C)(C)C)cc2)c1C. The van der Waals surface area contributed by atoms with E-state index < -0.39 is 17.7 Å². The Labute approximate surface area is 202 Å². The van der Waals surface area contributed by atoms with E-state index in [-0.39, 0.29) is 16.7 Å². The molecule has 2 aromatic rings. The standard InChI is InChI=1S/C28H37N3O3/c1-17-18(2)29-19(3)22(17)25(32)23-24(20-9-11-21(12-10-20)28(4,5)6)31(27(34)26(23)33)16-15-30-13-7-8-14-30/h9-12,24,29,32H,7-8,13-16H2,1-6H3/b25-23+. The van der Waals surface area contributed by atoms with Crippen LogP contribution in [0, 0.1) is 20.8 Å². The summed E-state index contributed by atoms with van der Waals surface area (Å²) in [5.74, 6) is -1.24. The molecular formula is C28H37N3O3. The molecule has 1 unspecified atom stereocenters. The van der Waals surface area contributed by atoms with E-state index in [2.05, 4.69) is 42.8 Å². The zero-order valence-electron chi connectivity index (χ0n) is 21.3. The van der Waals surface area contributed by atoms with Crippen molar-refractivity contribution < 1.29 is 14.7 Å². The van der Waals surface area contributed by atoms with Gasteiger partial charge in [-0.15, -0.1) is 0 Å². The summed E-state index contributed by atoms with van der Waals surface area (Å²) in [7, 11) is 0. The lowest BCUT2D eigenvalue weighted by Gasteiger charge is -2.28. The number of likely N-dealkylation sites (tertiary alicyclic amines) is 2. The van der Waals surface area contributed by atoms with Crippen LogP contribution in [0.5, 0.6) is 0 Å². The molecule has 2 aliphatic rings. The van der Waals surface area contributed by atoms with Gasteiger partial charge in [-0.25, -0.2) is 0 Å². The molecule has 0 bridgehead atoms. The second-order valence-corrected chi connectivity index (χ2v) is 10.8. The van der Waals surface area contributed by atoms with Crippen molar-refractivity contribution in [1.29, 1.82) is 0 Å². The maximum Gasteiger partial charge on any atom is 0.295 e. The molecule has 3 heterocycles. The number of amides is 1. The number of carbonyl (C=O) groups excluding carboxylic acids is 2. The van der Waals surface area contributed by atoms with Gasteiger partial charge in [-0.2, -0.15) is 0 Å². The van der Waals surface area contributed by atoms with Crippen molar-refractivity contribution in [3.8, 4) is 0 Å². The minimum atomic E-state index is -0.610. The normalized spacial score (nSPS) is 21.1. The van der Waals surface area contributed by atoms with Crippen molar-refractivity contribution in [3.63, 3.8) is 0 Å². The van der Waals surface area contributed by atoms with Crippen LogP contribution in [0.15, 0.2) is 29.8 Å². The van der Waals surface area contributed by atoms with E-state index in [0.29, 0.717) is 12.1 Å². The third kappa shape index (κ3) is 4.31. The number of hydrogen-bond acceptors (Lipinski definition) is 4. The highest BCUT2D eigenvalue weighted by Gasteiger charge is 2.46. The lowest BCUT2D eigenvalue weighted by atomic mass is 9.85. The number of nitrogens with one attached hydrogen (secondary N) is 1. The number of aliphatic hydroxyl groups is 1. The second kappa shape index (κ2) is 9.06. The number of nitrogens with zero attached hydrogens (tertiary/aromatic N) is 2. The number of carbonyl (C=O) groups is 2. The molecule has 1 aromatic heterocycles. The number of ketones is 1. The van der Waals surface area contributed by atoms with E-state index in [1.54, 1.807) is 4.90 Å². The van der Waals surface area contributed by atoms with Crippen LogP contribution in [-0.2, 0) is 15.0 Å². The molecule has 0 aliphatic carbocycles. The van der Waals surface area contributed by atoms with Gasteiger partial charge in [0.2, 0.25) is 0 Å². The molecule has 2 N–H and O–H groups in total. The van der Waals surface area contributed by atoms with Gasteiger partial charge < -0.3 is 19.9 Å². The van der Waals surface area contributed by atoms with Gasteiger partial charge in [0.15, 0.2) is 0 Å². The summed E-state index contributed by atoms with van der Waals surface area (Å²) >= 11 is 0. The lowest BCUT2D eigenvalue weighted by Crippen LogP contribution is -2.37. The van der Waals surface area contributed by atoms with E-state index in [9.17, 15) is 14.7 Å². The Morgan fingerprint density at radius 1 is 1.00 bits per heavy atom. The number of benzene rings is 1. The van der Waals surface area contributed by atoms with E-state index in [0.717, 1.165) is 42.1 Å². The fourth-order valence-corrected chi connectivity index (χ4v) is 5.27. The number of aliphatic hydroxyl groups excluding tert-OH is 1. The summed E-state index contributed by atoms with van der Waals surface area (Å²) < 4.78 is 0. The summed E-state index contributed by atoms with van der Waals surface area (Å²) in [4.78, 5) is 33.8. The molecule has 0 spiro atoms. The molecular weight excluding hydrogens is 426 g/mol. The van der Waals surface area contributed by atoms with E-state index in [1.807, 2.05) is 32.9 Å². The second-order valence-electron chi connectivity index (χ2n) is 10.8. The first-order valence-electron chi connectivity index (χ1n) is 12.3. The molecule has 34 heavy (non-hydrogen) atoms. The van der Waals surface area contributed by atoms with Gasteiger partial charge in [0.05, 0.1) is 11.6 Å². The lowest BCUT2D eigenvalue weighted by molar-refractivity contribution is -0.140. The number of hydrogen-bond donors (Lipinski definition) is 2. The maximum atomic E-state index is 13.3. The predicted molar refractivity (Wildman–Crippen MR) is 135 cm³/mol. The summed E-state index contributed by atoms with van der Waals surface area (Å²) in [6.07, 6.45) is 2.34. The largest absolute Gasteiger partial charge is 0.507 e. The molecule has 4 rings (SSSR count). The fraction of sp³-hybridized carbons (Fsp3) is 0.500. The van der Waals surface area contributed by atoms with Crippen molar-refractivity contribution >= 4 is 17.4 Å². The van der Waals surface area contributed by atoms with Crippen LogP contribution in [0.3, 0.4) is 0 Å². The number of H-pyrrole nitrogens is 1. The average Bonchev–Trinajstić information content (AvgIpc) is 3.45. The fourth-order valence-electron chi connectivity index (χ4n) is 5.27. The van der Waals surface area contributed by atoms with E-state index >= 15 is 0 Å². The molecule has 1 atom stereocenters.